The number of hydrogen-bond donors (Lipinski definition) is 1. The summed E-state index contributed by atoms with van der Waals surface area (Å²) in [6, 6.07) is 11.4. The molecule has 1 heterocycles. The van der Waals surface area contributed by atoms with Gasteiger partial charge in [-0.1, -0.05) is 25.5 Å². The molecule has 0 saturated heterocycles. The van der Waals surface area contributed by atoms with Gasteiger partial charge in [-0.15, -0.1) is 0 Å². The summed E-state index contributed by atoms with van der Waals surface area (Å²) in [7, 11) is 0. The van der Waals surface area contributed by atoms with Crippen LogP contribution in [0.1, 0.15) is 37.1 Å². The lowest BCUT2D eigenvalue weighted by molar-refractivity contribution is 0.309. The maximum absolute atomic E-state index is 6.10. The van der Waals surface area contributed by atoms with Crippen LogP contribution in [0.4, 0.5) is 0 Å². The molecule has 0 aliphatic rings. The first-order valence-corrected chi connectivity index (χ1v) is 6.33. The molecule has 0 radical (unpaired) electrons. The van der Waals surface area contributed by atoms with E-state index in [1.165, 1.54) is 0 Å². The van der Waals surface area contributed by atoms with E-state index in [0.29, 0.717) is 0 Å². The Labute approximate surface area is 108 Å². The molecule has 0 spiro atoms. The van der Waals surface area contributed by atoms with E-state index in [1.807, 2.05) is 36.4 Å². The summed E-state index contributed by atoms with van der Waals surface area (Å²) in [6.07, 6.45) is 3.85. The first kappa shape index (κ1) is 12.7. The van der Waals surface area contributed by atoms with Crippen LogP contribution in [0.25, 0.3) is 0 Å². The molecule has 1 aromatic heterocycles. The van der Waals surface area contributed by atoms with Gasteiger partial charge in [0, 0.05) is 0 Å². The summed E-state index contributed by atoms with van der Waals surface area (Å²) in [4.78, 5) is 0. The predicted octanol–water partition coefficient (Wildman–Crippen LogP) is 3.51. The third kappa shape index (κ3) is 3.14. The summed E-state index contributed by atoms with van der Waals surface area (Å²) in [6.45, 7) is 2.91. The van der Waals surface area contributed by atoms with Gasteiger partial charge in [-0.25, -0.2) is 0 Å². The van der Waals surface area contributed by atoms with Crippen LogP contribution in [0.5, 0.6) is 5.75 Å². The lowest BCUT2D eigenvalue weighted by Gasteiger charge is -2.10. The Morgan fingerprint density at radius 1 is 1.22 bits per heavy atom. The zero-order valence-electron chi connectivity index (χ0n) is 10.6. The summed E-state index contributed by atoms with van der Waals surface area (Å²) in [5, 5.41) is 0. The van der Waals surface area contributed by atoms with Crippen LogP contribution < -0.4 is 10.5 Å². The third-order valence-electron chi connectivity index (χ3n) is 2.86. The van der Waals surface area contributed by atoms with Gasteiger partial charge in [0.15, 0.2) is 0 Å². The molecule has 0 aliphatic carbocycles. The highest BCUT2D eigenvalue weighted by Gasteiger charge is 2.11. The monoisotopic (exact) mass is 245 g/mol. The van der Waals surface area contributed by atoms with Gasteiger partial charge in [0.1, 0.15) is 11.5 Å². The molecule has 3 nitrogen and oxygen atoms in total. The first-order valence-electron chi connectivity index (χ1n) is 6.33. The number of nitrogens with two attached hydrogens (primary N) is 1. The lowest BCUT2D eigenvalue weighted by atomic mass is 10.1. The van der Waals surface area contributed by atoms with Crippen LogP contribution in [0.15, 0.2) is 47.1 Å². The lowest BCUT2D eigenvalue weighted by Crippen LogP contribution is -2.10. The molecule has 18 heavy (non-hydrogen) atoms. The second-order valence-electron chi connectivity index (χ2n) is 4.26. The Morgan fingerprint density at radius 3 is 2.61 bits per heavy atom. The zero-order chi connectivity index (χ0) is 12.8. The molecule has 3 heteroatoms. The fourth-order valence-corrected chi connectivity index (χ4v) is 1.74. The van der Waals surface area contributed by atoms with Crippen LogP contribution in [-0.4, -0.2) is 6.61 Å². The number of hydrogen-bond acceptors (Lipinski definition) is 3. The average molecular weight is 245 g/mol. The molecular formula is C15H19NO2. The van der Waals surface area contributed by atoms with Gasteiger partial charge in [0.2, 0.25) is 0 Å². The normalized spacial score (nSPS) is 12.3. The van der Waals surface area contributed by atoms with Crippen molar-refractivity contribution in [2.24, 2.45) is 5.73 Å². The minimum Gasteiger partial charge on any atom is -0.494 e. The van der Waals surface area contributed by atoms with Crippen LogP contribution >= 0.6 is 0 Å². The largest absolute Gasteiger partial charge is 0.494 e. The van der Waals surface area contributed by atoms with Crippen molar-refractivity contribution in [2.45, 2.75) is 25.8 Å². The number of furan rings is 1. The molecular weight excluding hydrogens is 226 g/mol. The Kier molecular flexibility index (Phi) is 4.42. The standard InChI is InChI=1S/C15H19NO2/c1-2-3-10-17-13-8-6-12(7-9-13)15(16)14-5-4-11-18-14/h4-9,11,15H,2-3,10,16H2,1H3. The average Bonchev–Trinajstić information content (AvgIpc) is 2.93. The van der Waals surface area contributed by atoms with Gasteiger partial charge in [0.25, 0.3) is 0 Å². The number of rotatable bonds is 6. The highest BCUT2D eigenvalue weighted by atomic mass is 16.5. The molecule has 1 atom stereocenters. The van der Waals surface area contributed by atoms with E-state index >= 15 is 0 Å². The Bertz CT molecular complexity index is 448. The van der Waals surface area contributed by atoms with Crippen molar-refractivity contribution in [3.63, 3.8) is 0 Å². The zero-order valence-corrected chi connectivity index (χ0v) is 10.6. The van der Waals surface area contributed by atoms with Gasteiger partial charge in [-0.05, 0) is 36.2 Å². The molecule has 0 saturated carbocycles. The summed E-state index contributed by atoms with van der Waals surface area (Å²) in [5.41, 5.74) is 7.12. The van der Waals surface area contributed by atoms with Crippen molar-refractivity contribution in [3.8, 4) is 5.75 Å². The highest BCUT2D eigenvalue weighted by Crippen LogP contribution is 2.22. The van der Waals surface area contributed by atoms with Crippen molar-refractivity contribution in [3.05, 3.63) is 54.0 Å². The first-order chi connectivity index (χ1) is 8.81. The maximum Gasteiger partial charge on any atom is 0.124 e. The molecule has 2 N–H and O–H groups in total. The minimum atomic E-state index is -0.218. The fourth-order valence-electron chi connectivity index (χ4n) is 1.74. The van der Waals surface area contributed by atoms with Crippen molar-refractivity contribution >= 4 is 0 Å². The number of ether oxygens (including phenoxy) is 1. The van der Waals surface area contributed by atoms with Crippen molar-refractivity contribution in [2.75, 3.05) is 6.61 Å². The van der Waals surface area contributed by atoms with Gasteiger partial charge in [-0.3, -0.25) is 0 Å². The molecule has 2 rings (SSSR count). The van der Waals surface area contributed by atoms with Gasteiger partial charge in [-0.2, -0.15) is 0 Å². The topological polar surface area (TPSA) is 48.4 Å². The molecule has 1 aromatic carbocycles. The number of unbranched alkanes of at least 4 members (excludes halogenated alkanes) is 1. The van der Waals surface area contributed by atoms with Crippen LogP contribution in [-0.2, 0) is 0 Å². The highest BCUT2D eigenvalue weighted by molar-refractivity contribution is 5.32. The minimum absolute atomic E-state index is 0.218. The molecule has 0 aliphatic heterocycles. The Balaban J connectivity index is 1.99. The summed E-state index contributed by atoms with van der Waals surface area (Å²) in [5.74, 6) is 1.66. The second-order valence-corrected chi connectivity index (χ2v) is 4.26. The van der Waals surface area contributed by atoms with Gasteiger partial charge < -0.3 is 14.9 Å². The number of benzene rings is 1. The smallest absolute Gasteiger partial charge is 0.124 e. The molecule has 0 bridgehead atoms. The SMILES string of the molecule is CCCCOc1ccc(C(N)c2ccco2)cc1. The quantitative estimate of drug-likeness (QED) is 0.792. The molecule has 1 unspecified atom stereocenters. The third-order valence-corrected chi connectivity index (χ3v) is 2.86. The van der Waals surface area contributed by atoms with E-state index in [-0.39, 0.29) is 6.04 Å². The van der Waals surface area contributed by atoms with E-state index in [4.69, 9.17) is 14.9 Å². The Morgan fingerprint density at radius 2 is 2.00 bits per heavy atom. The summed E-state index contributed by atoms with van der Waals surface area (Å²) >= 11 is 0. The van der Waals surface area contributed by atoms with E-state index in [1.54, 1.807) is 6.26 Å². The molecule has 0 amide bonds. The molecule has 96 valence electrons. The van der Waals surface area contributed by atoms with Crippen molar-refractivity contribution in [1.29, 1.82) is 0 Å². The predicted molar refractivity (Wildman–Crippen MR) is 71.6 cm³/mol. The van der Waals surface area contributed by atoms with Crippen LogP contribution in [0.2, 0.25) is 0 Å². The van der Waals surface area contributed by atoms with Crippen LogP contribution in [0.3, 0.4) is 0 Å². The molecule has 0 fully saturated rings. The van der Waals surface area contributed by atoms with Crippen molar-refractivity contribution < 1.29 is 9.15 Å². The Hall–Kier alpha value is -1.74. The van der Waals surface area contributed by atoms with E-state index in [0.717, 1.165) is 36.5 Å². The fraction of sp³-hybridized carbons (Fsp3) is 0.333. The summed E-state index contributed by atoms with van der Waals surface area (Å²) < 4.78 is 10.9. The molecule has 2 aromatic rings. The second kappa shape index (κ2) is 6.26. The maximum atomic E-state index is 6.10. The van der Waals surface area contributed by atoms with E-state index < -0.39 is 0 Å². The van der Waals surface area contributed by atoms with Crippen molar-refractivity contribution in [1.82, 2.24) is 0 Å². The van der Waals surface area contributed by atoms with Gasteiger partial charge >= 0.3 is 0 Å². The van der Waals surface area contributed by atoms with E-state index in [2.05, 4.69) is 6.92 Å². The van der Waals surface area contributed by atoms with E-state index in [9.17, 15) is 0 Å². The van der Waals surface area contributed by atoms with Crippen LogP contribution in [0, 0.1) is 0 Å². The van der Waals surface area contributed by atoms with Gasteiger partial charge in [0.05, 0.1) is 18.9 Å².